The Labute approximate surface area is 213 Å². The highest BCUT2D eigenvalue weighted by Crippen LogP contribution is 2.38. The third kappa shape index (κ3) is 4.64. The maximum Gasteiger partial charge on any atom is 0.330 e. The summed E-state index contributed by atoms with van der Waals surface area (Å²) in [4.78, 5) is 26.6. The summed E-state index contributed by atoms with van der Waals surface area (Å²) < 4.78 is 15.5. The molecule has 1 aliphatic rings. The first kappa shape index (κ1) is 24.8. The van der Waals surface area contributed by atoms with Crippen molar-refractivity contribution in [2.75, 3.05) is 6.61 Å². The van der Waals surface area contributed by atoms with Crippen LogP contribution in [-0.2, 0) is 9.16 Å². The molecule has 6 nitrogen and oxygen atoms in total. The number of aromatic nitrogens is 2. The van der Waals surface area contributed by atoms with Crippen LogP contribution in [0.15, 0.2) is 86.1 Å². The molecule has 2 atom stereocenters. The predicted octanol–water partition coefficient (Wildman–Crippen LogP) is 3.64. The van der Waals surface area contributed by atoms with Crippen molar-refractivity contribution in [3.8, 4) is 0 Å². The van der Waals surface area contributed by atoms with Gasteiger partial charge in [-0.1, -0.05) is 81.4 Å². The van der Waals surface area contributed by atoms with Gasteiger partial charge in [0.1, 0.15) is 6.10 Å². The van der Waals surface area contributed by atoms with Gasteiger partial charge in [0, 0.05) is 15.3 Å². The van der Waals surface area contributed by atoms with E-state index >= 15 is 0 Å². The van der Waals surface area contributed by atoms with Gasteiger partial charge in [0.05, 0.1) is 6.61 Å². The highest BCUT2D eigenvalue weighted by molar-refractivity contribution is 14.1. The lowest BCUT2D eigenvalue weighted by atomic mass is 10.2. The quantitative estimate of drug-likeness (QED) is 0.353. The van der Waals surface area contributed by atoms with Crippen LogP contribution in [-0.4, -0.2) is 30.6 Å². The van der Waals surface area contributed by atoms with Crippen LogP contribution in [0.25, 0.3) is 0 Å². The number of benzene rings is 2. The monoisotopic (exact) mass is 588 g/mol. The molecule has 0 fully saturated rings. The first-order valence-corrected chi connectivity index (χ1v) is 14.2. The molecule has 0 unspecified atom stereocenters. The fourth-order valence-electron chi connectivity index (χ4n) is 4.54. The number of nitrogens with one attached hydrogen (secondary N) is 1. The van der Waals surface area contributed by atoms with Crippen molar-refractivity contribution in [2.45, 2.75) is 45.1 Å². The van der Waals surface area contributed by atoms with Crippen LogP contribution in [0.4, 0.5) is 0 Å². The number of aromatic amines is 1. The molecular formula is C26H29IN2O4Si. The standard InChI is InChI=1S/C26H29IN2O4Si/c1-18-16-29(25(31)28-23(18)30)24-22(27)15-19(33-24)17-32-34(26(2,3)4,20-11-7-5-8-12-20)21-13-9-6-10-14-21/h5-16,19,24H,17H2,1-4H3,(H,28,30,31)/t19-,24+/m0/s1. The molecule has 8 heteroatoms. The molecule has 0 spiro atoms. The molecule has 0 aliphatic carbocycles. The Morgan fingerprint density at radius 1 is 1.03 bits per heavy atom. The summed E-state index contributed by atoms with van der Waals surface area (Å²) in [6.07, 6.45) is 2.63. The van der Waals surface area contributed by atoms with Crippen molar-refractivity contribution in [3.05, 3.63) is 103 Å². The van der Waals surface area contributed by atoms with E-state index in [4.69, 9.17) is 9.16 Å². The summed E-state index contributed by atoms with van der Waals surface area (Å²) in [6.45, 7) is 8.73. The van der Waals surface area contributed by atoms with Crippen molar-refractivity contribution in [1.82, 2.24) is 9.55 Å². The molecule has 1 aromatic heterocycles. The molecule has 34 heavy (non-hydrogen) atoms. The Balaban J connectivity index is 1.67. The summed E-state index contributed by atoms with van der Waals surface area (Å²) in [5, 5.41) is 2.26. The Morgan fingerprint density at radius 2 is 1.59 bits per heavy atom. The second-order valence-electron chi connectivity index (χ2n) is 9.53. The van der Waals surface area contributed by atoms with Gasteiger partial charge < -0.3 is 9.16 Å². The number of halogens is 1. The lowest BCUT2D eigenvalue weighted by Crippen LogP contribution is -2.67. The van der Waals surface area contributed by atoms with Crippen molar-refractivity contribution >= 4 is 41.3 Å². The second-order valence-corrected chi connectivity index (χ2v) is 15.1. The van der Waals surface area contributed by atoms with Crippen LogP contribution in [0.3, 0.4) is 0 Å². The summed E-state index contributed by atoms with van der Waals surface area (Å²) in [6, 6.07) is 20.9. The SMILES string of the molecule is Cc1cn([C@@H]2O[C@H](CO[Si](c3ccccc3)(c3ccccc3)C(C)(C)C)C=C2I)c(=O)[nH]c1=O. The van der Waals surface area contributed by atoms with Gasteiger partial charge in [-0.05, 0) is 51.0 Å². The number of rotatable bonds is 6. The van der Waals surface area contributed by atoms with Crippen molar-refractivity contribution in [2.24, 2.45) is 0 Å². The lowest BCUT2D eigenvalue weighted by molar-refractivity contribution is -0.00786. The third-order valence-electron chi connectivity index (χ3n) is 6.16. The number of hydrogen-bond acceptors (Lipinski definition) is 4. The summed E-state index contributed by atoms with van der Waals surface area (Å²) in [5.41, 5.74) is -0.416. The molecule has 1 aliphatic heterocycles. The molecule has 0 radical (unpaired) electrons. The highest BCUT2D eigenvalue weighted by Gasteiger charge is 2.50. The summed E-state index contributed by atoms with van der Waals surface area (Å²) >= 11 is 2.19. The molecule has 0 bridgehead atoms. The van der Waals surface area contributed by atoms with Crippen molar-refractivity contribution < 1.29 is 9.16 Å². The van der Waals surface area contributed by atoms with E-state index in [1.165, 1.54) is 14.9 Å². The smallest absolute Gasteiger partial charge is 0.330 e. The molecule has 4 rings (SSSR count). The minimum absolute atomic E-state index is 0.141. The van der Waals surface area contributed by atoms with Gasteiger partial charge in [-0.15, -0.1) is 0 Å². The van der Waals surface area contributed by atoms with Crippen LogP contribution in [0.1, 0.15) is 32.6 Å². The zero-order chi connectivity index (χ0) is 24.5. The van der Waals surface area contributed by atoms with Crippen LogP contribution in [0, 0.1) is 6.92 Å². The average molecular weight is 589 g/mol. The largest absolute Gasteiger partial charge is 0.404 e. The lowest BCUT2D eigenvalue weighted by Gasteiger charge is -2.43. The van der Waals surface area contributed by atoms with Crippen molar-refractivity contribution in [1.29, 1.82) is 0 Å². The van der Waals surface area contributed by atoms with E-state index in [1.807, 2.05) is 18.2 Å². The number of aryl methyl sites for hydroxylation is 1. The van der Waals surface area contributed by atoms with E-state index < -0.39 is 20.2 Å². The molecule has 2 aromatic carbocycles. The fourth-order valence-corrected chi connectivity index (χ4v) is 9.96. The Kier molecular flexibility index (Phi) is 7.14. The maximum absolute atomic E-state index is 12.4. The first-order chi connectivity index (χ1) is 16.1. The Bertz CT molecular complexity index is 1260. The molecule has 1 N–H and O–H groups in total. The van der Waals surface area contributed by atoms with Crippen LogP contribution in [0.5, 0.6) is 0 Å². The van der Waals surface area contributed by atoms with Gasteiger partial charge >= 0.3 is 5.69 Å². The second kappa shape index (κ2) is 9.77. The maximum atomic E-state index is 12.4. The highest BCUT2D eigenvalue weighted by atomic mass is 127. The first-order valence-electron chi connectivity index (χ1n) is 11.2. The average Bonchev–Trinajstić information content (AvgIpc) is 3.17. The number of hydrogen-bond donors (Lipinski definition) is 1. The van der Waals surface area contributed by atoms with Gasteiger partial charge in [-0.2, -0.15) is 0 Å². The topological polar surface area (TPSA) is 73.3 Å². The predicted molar refractivity (Wildman–Crippen MR) is 146 cm³/mol. The van der Waals surface area contributed by atoms with E-state index in [0.717, 1.165) is 3.58 Å². The van der Waals surface area contributed by atoms with E-state index in [0.29, 0.717) is 12.2 Å². The van der Waals surface area contributed by atoms with Gasteiger partial charge in [0.25, 0.3) is 13.9 Å². The van der Waals surface area contributed by atoms with Gasteiger partial charge in [-0.3, -0.25) is 14.3 Å². The molecule has 0 saturated heterocycles. The molecular weight excluding hydrogens is 559 g/mol. The minimum atomic E-state index is -2.70. The van der Waals surface area contributed by atoms with Crippen molar-refractivity contribution in [3.63, 3.8) is 0 Å². The number of nitrogens with zero attached hydrogens (tertiary/aromatic N) is 1. The molecule has 0 saturated carbocycles. The van der Waals surface area contributed by atoms with Gasteiger partial charge in [0.15, 0.2) is 6.23 Å². The summed E-state index contributed by atoms with van der Waals surface area (Å²) in [7, 11) is -2.70. The Morgan fingerprint density at radius 3 is 2.12 bits per heavy atom. The molecule has 178 valence electrons. The van der Waals surface area contributed by atoms with E-state index in [1.54, 1.807) is 13.1 Å². The molecule has 0 amide bonds. The minimum Gasteiger partial charge on any atom is -0.404 e. The Hall–Kier alpha value is -2.27. The number of ether oxygens (including phenoxy) is 1. The van der Waals surface area contributed by atoms with Crippen LogP contribution < -0.4 is 21.6 Å². The fraction of sp³-hybridized carbons (Fsp3) is 0.308. The molecule has 2 heterocycles. The summed E-state index contributed by atoms with van der Waals surface area (Å²) in [5.74, 6) is 0. The molecule has 3 aromatic rings. The number of H-pyrrole nitrogens is 1. The third-order valence-corrected chi connectivity index (χ3v) is 12.1. The van der Waals surface area contributed by atoms with E-state index in [2.05, 4.69) is 96.9 Å². The zero-order valence-corrected chi connectivity index (χ0v) is 22.9. The zero-order valence-electron chi connectivity index (χ0n) is 19.7. The van der Waals surface area contributed by atoms with Crippen LogP contribution >= 0.6 is 22.6 Å². The van der Waals surface area contributed by atoms with E-state index in [-0.39, 0.29) is 16.7 Å². The van der Waals surface area contributed by atoms with E-state index in [9.17, 15) is 9.59 Å². The van der Waals surface area contributed by atoms with Gasteiger partial charge in [0.2, 0.25) is 0 Å². The normalized spacial score (nSPS) is 18.7. The van der Waals surface area contributed by atoms with Gasteiger partial charge in [-0.25, -0.2) is 4.79 Å². The van der Waals surface area contributed by atoms with Crippen LogP contribution in [0.2, 0.25) is 5.04 Å².